The summed E-state index contributed by atoms with van der Waals surface area (Å²) in [5.41, 5.74) is 2.31. The molecule has 0 bridgehead atoms. The number of halogens is 1. The number of sulfonamides is 1. The number of hydrogen-bond acceptors (Lipinski definition) is 6. The molecule has 2 heterocycles. The number of rotatable bonds is 6. The van der Waals surface area contributed by atoms with Gasteiger partial charge in [0.15, 0.2) is 0 Å². The Labute approximate surface area is 230 Å². The van der Waals surface area contributed by atoms with Crippen LogP contribution in [0.4, 0.5) is 14.9 Å². The second-order valence-corrected chi connectivity index (χ2v) is 12.8. The molecule has 0 unspecified atom stereocenters. The molecule has 8 nitrogen and oxygen atoms in total. The van der Waals surface area contributed by atoms with Crippen molar-refractivity contribution in [2.45, 2.75) is 50.8 Å². The molecule has 0 N–H and O–H groups in total. The highest BCUT2D eigenvalue weighted by Crippen LogP contribution is 2.25. The van der Waals surface area contributed by atoms with Gasteiger partial charge >= 0.3 is 6.09 Å². The summed E-state index contributed by atoms with van der Waals surface area (Å²) in [4.78, 5) is 20.9. The molecule has 0 radical (unpaired) electrons. The molecule has 1 saturated heterocycles. The number of carbonyl (C=O) groups excluding carboxylic acids is 1. The number of ether oxygens (including phenoxy) is 1. The summed E-state index contributed by atoms with van der Waals surface area (Å²) < 4.78 is 46.4. The predicted octanol–water partition coefficient (Wildman–Crippen LogP) is 5.15. The molecule has 10 heteroatoms. The van der Waals surface area contributed by atoms with Gasteiger partial charge in [-0.3, -0.25) is 14.2 Å². The molecule has 208 valence electrons. The maximum atomic E-state index is 13.2. The Bertz CT molecular complexity index is 1390. The number of nitrogens with zero attached hydrogens (tertiary/aromatic N) is 4. The second-order valence-electron chi connectivity index (χ2n) is 10.8. The summed E-state index contributed by atoms with van der Waals surface area (Å²) in [5, 5.41) is 0. The van der Waals surface area contributed by atoms with Crippen LogP contribution < -0.4 is 4.31 Å². The van der Waals surface area contributed by atoms with Gasteiger partial charge in [-0.1, -0.05) is 12.1 Å². The molecule has 1 aliphatic rings. The second kappa shape index (κ2) is 11.3. The lowest BCUT2D eigenvalue weighted by atomic mass is 10.1. The molecule has 0 spiro atoms. The lowest BCUT2D eigenvalue weighted by Gasteiger charge is -2.40. The van der Waals surface area contributed by atoms with Crippen molar-refractivity contribution in [1.82, 2.24) is 14.8 Å². The van der Waals surface area contributed by atoms with Crippen LogP contribution in [-0.4, -0.2) is 67.6 Å². The van der Waals surface area contributed by atoms with E-state index in [1.807, 2.05) is 39.8 Å². The minimum Gasteiger partial charge on any atom is -0.444 e. The van der Waals surface area contributed by atoms with Crippen molar-refractivity contribution in [3.63, 3.8) is 0 Å². The van der Waals surface area contributed by atoms with Crippen LogP contribution in [0.15, 0.2) is 71.8 Å². The average molecular weight is 555 g/mol. The zero-order valence-corrected chi connectivity index (χ0v) is 23.8. The zero-order valence-electron chi connectivity index (χ0n) is 23.0. The average Bonchev–Trinajstić information content (AvgIpc) is 2.88. The van der Waals surface area contributed by atoms with Crippen LogP contribution in [0.1, 0.15) is 33.3 Å². The molecule has 3 aromatic rings. The van der Waals surface area contributed by atoms with E-state index in [4.69, 9.17) is 4.74 Å². The molecule has 39 heavy (non-hydrogen) atoms. The number of anilines is 1. The monoisotopic (exact) mass is 554 g/mol. The van der Waals surface area contributed by atoms with Crippen LogP contribution in [0, 0.1) is 5.82 Å². The summed E-state index contributed by atoms with van der Waals surface area (Å²) in [7, 11) is -2.31. The van der Waals surface area contributed by atoms with Crippen LogP contribution in [0.5, 0.6) is 0 Å². The van der Waals surface area contributed by atoms with Crippen LogP contribution in [0.25, 0.3) is 11.3 Å². The molecule has 1 amide bonds. The van der Waals surface area contributed by atoms with E-state index in [0.717, 1.165) is 18.7 Å². The van der Waals surface area contributed by atoms with Crippen LogP contribution in [0.2, 0.25) is 0 Å². The number of pyridine rings is 1. The van der Waals surface area contributed by atoms with E-state index in [1.165, 1.54) is 35.7 Å². The third-order valence-corrected chi connectivity index (χ3v) is 8.35. The highest BCUT2D eigenvalue weighted by Gasteiger charge is 2.31. The Kier molecular flexibility index (Phi) is 8.27. The minimum atomic E-state index is -3.82. The number of benzene rings is 2. The number of hydrogen-bond donors (Lipinski definition) is 0. The molecule has 1 atom stereocenters. The maximum Gasteiger partial charge on any atom is 0.410 e. The van der Waals surface area contributed by atoms with E-state index >= 15 is 0 Å². The Balaban J connectivity index is 1.37. The lowest BCUT2D eigenvalue weighted by molar-refractivity contribution is 0.000557. The standard InChI is InChI=1S/C29H35FN4O4S/c1-21-19-33(16-17-34(21)28(35)38-29(2,3)4)20-22-6-12-25(13-7-22)32(5)39(36,37)26-14-15-27(31-18-26)23-8-10-24(30)11-9-23/h6-15,18,21H,16-17,19-20H2,1-5H3/t21-/m0/s1. The fourth-order valence-electron chi connectivity index (χ4n) is 4.46. The molecule has 0 aliphatic carbocycles. The van der Waals surface area contributed by atoms with Crippen molar-refractivity contribution in [2.75, 3.05) is 31.0 Å². The van der Waals surface area contributed by atoms with Gasteiger partial charge in [-0.25, -0.2) is 17.6 Å². The fraction of sp³-hybridized carbons (Fsp3) is 0.379. The van der Waals surface area contributed by atoms with Crippen LogP contribution in [0.3, 0.4) is 0 Å². The zero-order chi connectivity index (χ0) is 28.4. The van der Waals surface area contributed by atoms with Gasteiger partial charge in [0, 0.05) is 51.0 Å². The first-order valence-electron chi connectivity index (χ1n) is 12.9. The van der Waals surface area contributed by atoms with E-state index < -0.39 is 15.6 Å². The van der Waals surface area contributed by atoms with Gasteiger partial charge in [-0.15, -0.1) is 0 Å². The number of piperazine rings is 1. The maximum absolute atomic E-state index is 13.2. The van der Waals surface area contributed by atoms with Crippen molar-refractivity contribution in [3.8, 4) is 11.3 Å². The molecular weight excluding hydrogens is 519 g/mol. The topological polar surface area (TPSA) is 83.1 Å². The Morgan fingerprint density at radius 2 is 1.72 bits per heavy atom. The number of amides is 1. The SMILES string of the molecule is C[C@H]1CN(Cc2ccc(N(C)S(=O)(=O)c3ccc(-c4ccc(F)cc4)nc3)cc2)CCN1C(=O)OC(C)(C)C. The highest BCUT2D eigenvalue weighted by atomic mass is 32.2. The van der Waals surface area contributed by atoms with Crippen molar-refractivity contribution in [1.29, 1.82) is 0 Å². The van der Waals surface area contributed by atoms with Crippen LogP contribution >= 0.6 is 0 Å². The van der Waals surface area contributed by atoms with E-state index in [0.29, 0.717) is 30.0 Å². The Morgan fingerprint density at radius 3 is 2.28 bits per heavy atom. The summed E-state index contributed by atoms with van der Waals surface area (Å²) in [6, 6.07) is 16.4. The first kappa shape index (κ1) is 28.5. The van der Waals surface area contributed by atoms with Crippen molar-refractivity contribution in [3.05, 3.63) is 78.2 Å². The summed E-state index contributed by atoms with van der Waals surface area (Å²) in [6.07, 6.45) is 1.03. The normalized spacial score (nSPS) is 16.7. The molecule has 2 aromatic carbocycles. The van der Waals surface area contributed by atoms with Crippen molar-refractivity contribution in [2.24, 2.45) is 0 Å². The number of aromatic nitrogens is 1. The fourth-order valence-corrected chi connectivity index (χ4v) is 5.60. The largest absolute Gasteiger partial charge is 0.444 e. The van der Waals surface area contributed by atoms with Gasteiger partial charge in [0.25, 0.3) is 10.0 Å². The quantitative estimate of drug-likeness (QED) is 0.419. The Morgan fingerprint density at radius 1 is 1.05 bits per heavy atom. The molecule has 1 aromatic heterocycles. The molecular formula is C29H35FN4O4S. The van der Waals surface area contributed by atoms with Gasteiger partial charge in [-0.2, -0.15) is 0 Å². The van der Waals surface area contributed by atoms with E-state index in [-0.39, 0.29) is 22.8 Å². The van der Waals surface area contributed by atoms with Crippen LogP contribution in [-0.2, 0) is 21.3 Å². The molecule has 1 aliphatic heterocycles. The van der Waals surface area contributed by atoms with E-state index in [2.05, 4.69) is 9.88 Å². The first-order valence-corrected chi connectivity index (χ1v) is 14.3. The first-order chi connectivity index (χ1) is 18.3. The molecule has 1 fully saturated rings. The van der Waals surface area contributed by atoms with Gasteiger partial charge in [0.2, 0.25) is 0 Å². The summed E-state index contributed by atoms with van der Waals surface area (Å²) in [5.74, 6) is -0.346. The molecule has 4 rings (SSSR count). The third kappa shape index (κ3) is 6.93. The smallest absolute Gasteiger partial charge is 0.410 e. The van der Waals surface area contributed by atoms with Gasteiger partial charge in [-0.05, 0) is 81.8 Å². The lowest BCUT2D eigenvalue weighted by Crippen LogP contribution is -2.54. The summed E-state index contributed by atoms with van der Waals surface area (Å²) >= 11 is 0. The molecule has 0 saturated carbocycles. The van der Waals surface area contributed by atoms with Gasteiger partial charge < -0.3 is 9.64 Å². The summed E-state index contributed by atoms with van der Waals surface area (Å²) in [6.45, 7) is 10.3. The highest BCUT2D eigenvalue weighted by molar-refractivity contribution is 7.92. The minimum absolute atomic E-state index is 0.0206. The third-order valence-electron chi connectivity index (χ3n) is 6.58. The predicted molar refractivity (Wildman–Crippen MR) is 149 cm³/mol. The van der Waals surface area contributed by atoms with Crippen molar-refractivity contribution >= 4 is 21.8 Å². The van der Waals surface area contributed by atoms with Gasteiger partial charge in [0.1, 0.15) is 16.3 Å². The van der Waals surface area contributed by atoms with Crippen molar-refractivity contribution < 1.29 is 22.3 Å². The van der Waals surface area contributed by atoms with E-state index in [9.17, 15) is 17.6 Å². The van der Waals surface area contributed by atoms with E-state index in [1.54, 1.807) is 35.2 Å². The van der Waals surface area contributed by atoms with Gasteiger partial charge in [0.05, 0.1) is 11.4 Å². The Hall–Kier alpha value is -3.50. The number of carbonyl (C=O) groups is 1.